The zero-order valence-corrected chi connectivity index (χ0v) is 13.9. The van der Waals surface area contributed by atoms with Crippen molar-refractivity contribution in [1.82, 2.24) is 5.32 Å². The van der Waals surface area contributed by atoms with E-state index in [9.17, 15) is 9.18 Å². The molecular formula is C19H22FNO3. The van der Waals surface area contributed by atoms with E-state index in [-0.39, 0.29) is 11.7 Å². The topological polar surface area (TPSA) is 47.6 Å². The van der Waals surface area contributed by atoms with Crippen molar-refractivity contribution < 1.29 is 18.7 Å². The summed E-state index contributed by atoms with van der Waals surface area (Å²) in [5.74, 6) is 0.773. The lowest BCUT2D eigenvalue weighted by Gasteiger charge is -2.17. The van der Waals surface area contributed by atoms with Gasteiger partial charge in [-0.25, -0.2) is 4.39 Å². The molecule has 0 saturated carbocycles. The molecule has 0 bridgehead atoms. The van der Waals surface area contributed by atoms with E-state index >= 15 is 0 Å². The minimum absolute atomic E-state index is 0.205. The third-order valence-electron chi connectivity index (χ3n) is 3.51. The zero-order valence-electron chi connectivity index (χ0n) is 13.9. The fourth-order valence-electron chi connectivity index (χ4n) is 2.17. The first kappa shape index (κ1) is 17.8. The third kappa shape index (κ3) is 5.26. The quantitative estimate of drug-likeness (QED) is 0.755. The predicted octanol–water partition coefficient (Wildman–Crippen LogP) is 3.35. The first-order valence-electron chi connectivity index (χ1n) is 8.00. The lowest BCUT2D eigenvalue weighted by Crippen LogP contribution is -2.38. The number of carbonyl (C=O) groups excluding carboxylic acids is 1. The normalized spacial score (nSPS) is 11.6. The van der Waals surface area contributed by atoms with E-state index in [1.807, 2.05) is 31.2 Å². The Hall–Kier alpha value is -2.56. The number of hydrogen-bond acceptors (Lipinski definition) is 3. The summed E-state index contributed by atoms with van der Waals surface area (Å²) in [5.41, 5.74) is 1.07. The van der Waals surface area contributed by atoms with Crippen LogP contribution >= 0.6 is 0 Å². The molecule has 0 radical (unpaired) electrons. The monoisotopic (exact) mass is 331 g/mol. The summed E-state index contributed by atoms with van der Waals surface area (Å²) in [4.78, 5) is 12.1. The van der Waals surface area contributed by atoms with E-state index in [2.05, 4.69) is 5.32 Å². The van der Waals surface area contributed by atoms with Gasteiger partial charge in [0.25, 0.3) is 5.91 Å². The standard InChI is InChI=1S/C19H22FNO3/c1-3-15-6-4-5-7-18(15)24-14(2)19(22)21-12-13-23-17-10-8-16(20)9-11-17/h4-11,14H,3,12-13H2,1-2H3,(H,21,22)/t14-/m0/s1. The van der Waals surface area contributed by atoms with Gasteiger partial charge in [-0.2, -0.15) is 0 Å². The maximum Gasteiger partial charge on any atom is 0.260 e. The van der Waals surface area contributed by atoms with Crippen molar-refractivity contribution in [3.63, 3.8) is 0 Å². The van der Waals surface area contributed by atoms with Crippen LogP contribution in [0.3, 0.4) is 0 Å². The summed E-state index contributed by atoms with van der Waals surface area (Å²) in [6, 6.07) is 13.4. The van der Waals surface area contributed by atoms with Crippen LogP contribution in [0.5, 0.6) is 11.5 Å². The Balaban J connectivity index is 1.74. The van der Waals surface area contributed by atoms with E-state index < -0.39 is 6.10 Å². The van der Waals surface area contributed by atoms with E-state index in [1.165, 1.54) is 12.1 Å². The third-order valence-corrected chi connectivity index (χ3v) is 3.51. The van der Waals surface area contributed by atoms with Crippen molar-refractivity contribution >= 4 is 5.91 Å². The zero-order chi connectivity index (χ0) is 17.4. The minimum atomic E-state index is -0.594. The van der Waals surface area contributed by atoms with Gasteiger partial charge in [0.2, 0.25) is 0 Å². The second-order valence-electron chi connectivity index (χ2n) is 5.31. The van der Waals surface area contributed by atoms with Gasteiger partial charge in [0.1, 0.15) is 23.9 Å². The first-order valence-corrected chi connectivity index (χ1v) is 8.00. The molecule has 2 aromatic rings. The Bertz CT molecular complexity index is 658. The second kappa shape index (κ2) is 8.91. The molecule has 0 heterocycles. The van der Waals surface area contributed by atoms with Crippen LogP contribution in [-0.2, 0) is 11.2 Å². The number of ether oxygens (including phenoxy) is 2. The van der Waals surface area contributed by atoms with Gasteiger partial charge in [0, 0.05) is 0 Å². The number of rotatable bonds is 8. The first-order chi connectivity index (χ1) is 11.6. The molecule has 1 amide bonds. The van der Waals surface area contributed by atoms with Crippen molar-refractivity contribution in [2.75, 3.05) is 13.2 Å². The van der Waals surface area contributed by atoms with E-state index in [1.54, 1.807) is 19.1 Å². The van der Waals surface area contributed by atoms with Crippen molar-refractivity contribution in [3.8, 4) is 11.5 Å². The summed E-state index contributed by atoms with van der Waals surface area (Å²) in [5, 5.41) is 2.76. The molecule has 0 aliphatic rings. The summed E-state index contributed by atoms with van der Waals surface area (Å²) in [6.07, 6.45) is 0.249. The van der Waals surface area contributed by atoms with Crippen molar-refractivity contribution in [1.29, 1.82) is 0 Å². The molecule has 4 nitrogen and oxygen atoms in total. The highest BCUT2D eigenvalue weighted by atomic mass is 19.1. The smallest absolute Gasteiger partial charge is 0.260 e. The van der Waals surface area contributed by atoms with Gasteiger partial charge in [-0.3, -0.25) is 4.79 Å². The molecule has 2 aromatic carbocycles. The van der Waals surface area contributed by atoms with E-state index in [0.29, 0.717) is 18.9 Å². The second-order valence-corrected chi connectivity index (χ2v) is 5.31. The highest BCUT2D eigenvalue weighted by molar-refractivity contribution is 5.80. The fourth-order valence-corrected chi connectivity index (χ4v) is 2.17. The highest BCUT2D eigenvalue weighted by Crippen LogP contribution is 2.19. The molecule has 128 valence electrons. The van der Waals surface area contributed by atoms with Gasteiger partial charge in [-0.05, 0) is 49.2 Å². The molecule has 0 unspecified atom stereocenters. The minimum Gasteiger partial charge on any atom is -0.492 e. The van der Waals surface area contributed by atoms with Crippen LogP contribution in [-0.4, -0.2) is 25.2 Å². The number of aryl methyl sites for hydroxylation is 1. The summed E-state index contributed by atoms with van der Waals surface area (Å²) >= 11 is 0. The molecule has 0 saturated heterocycles. The maximum atomic E-state index is 12.8. The lowest BCUT2D eigenvalue weighted by molar-refractivity contribution is -0.127. The number of benzene rings is 2. The Morgan fingerprint density at radius 1 is 1.17 bits per heavy atom. The number of para-hydroxylation sites is 1. The molecule has 24 heavy (non-hydrogen) atoms. The van der Waals surface area contributed by atoms with Crippen LogP contribution in [0, 0.1) is 5.82 Å². The number of hydrogen-bond donors (Lipinski definition) is 1. The number of nitrogens with one attached hydrogen (secondary N) is 1. The Kier molecular flexibility index (Phi) is 6.61. The average Bonchev–Trinajstić information content (AvgIpc) is 2.60. The van der Waals surface area contributed by atoms with Crippen molar-refractivity contribution in [3.05, 3.63) is 59.9 Å². The van der Waals surface area contributed by atoms with Crippen LogP contribution in [0.1, 0.15) is 19.4 Å². The summed E-state index contributed by atoms with van der Waals surface area (Å²) in [7, 11) is 0. The highest BCUT2D eigenvalue weighted by Gasteiger charge is 2.15. The molecule has 0 aliphatic carbocycles. The Morgan fingerprint density at radius 2 is 1.88 bits per heavy atom. The van der Waals surface area contributed by atoms with Gasteiger partial charge in [-0.15, -0.1) is 0 Å². The van der Waals surface area contributed by atoms with Crippen LogP contribution in [0.15, 0.2) is 48.5 Å². The van der Waals surface area contributed by atoms with E-state index in [4.69, 9.17) is 9.47 Å². The molecule has 5 heteroatoms. The lowest BCUT2D eigenvalue weighted by atomic mass is 10.1. The number of halogens is 1. The summed E-state index contributed by atoms with van der Waals surface area (Å²) in [6.45, 7) is 4.40. The fraction of sp³-hybridized carbons (Fsp3) is 0.316. The van der Waals surface area contributed by atoms with Gasteiger partial charge in [0.15, 0.2) is 6.10 Å². The van der Waals surface area contributed by atoms with Crippen LogP contribution in [0.4, 0.5) is 4.39 Å². The SMILES string of the molecule is CCc1ccccc1O[C@@H](C)C(=O)NCCOc1ccc(F)cc1. The Labute approximate surface area is 141 Å². The molecule has 0 spiro atoms. The number of carbonyl (C=O) groups is 1. The average molecular weight is 331 g/mol. The van der Waals surface area contributed by atoms with Gasteiger partial charge >= 0.3 is 0 Å². The predicted molar refractivity (Wildman–Crippen MR) is 90.8 cm³/mol. The number of amides is 1. The molecule has 2 rings (SSSR count). The largest absolute Gasteiger partial charge is 0.492 e. The van der Waals surface area contributed by atoms with E-state index in [0.717, 1.165) is 17.7 Å². The van der Waals surface area contributed by atoms with Gasteiger partial charge < -0.3 is 14.8 Å². The maximum absolute atomic E-state index is 12.8. The molecular weight excluding hydrogens is 309 g/mol. The molecule has 0 aromatic heterocycles. The Morgan fingerprint density at radius 3 is 2.58 bits per heavy atom. The molecule has 1 atom stereocenters. The van der Waals surface area contributed by atoms with Crippen molar-refractivity contribution in [2.24, 2.45) is 0 Å². The molecule has 1 N–H and O–H groups in total. The van der Waals surface area contributed by atoms with Gasteiger partial charge in [0.05, 0.1) is 6.54 Å². The molecule has 0 aliphatic heterocycles. The van der Waals surface area contributed by atoms with Crippen LogP contribution in [0.2, 0.25) is 0 Å². The summed E-state index contributed by atoms with van der Waals surface area (Å²) < 4.78 is 23.9. The van der Waals surface area contributed by atoms with Crippen molar-refractivity contribution in [2.45, 2.75) is 26.4 Å². The van der Waals surface area contributed by atoms with Crippen LogP contribution < -0.4 is 14.8 Å². The molecule has 0 fully saturated rings. The van der Waals surface area contributed by atoms with Gasteiger partial charge in [-0.1, -0.05) is 25.1 Å². The van der Waals surface area contributed by atoms with Crippen LogP contribution in [0.25, 0.3) is 0 Å².